The third-order valence-corrected chi connectivity index (χ3v) is 7.13. The van der Waals surface area contributed by atoms with Crippen LogP contribution < -0.4 is 10.1 Å². The highest BCUT2D eigenvalue weighted by atomic mass is 35.5. The molecule has 7 nitrogen and oxygen atoms in total. The summed E-state index contributed by atoms with van der Waals surface area (Å²) in [7, 11) is 1.65. The monoisotopic (exact) mass is 523 g/mol. The molecule has 3 heterocycles. The highest BCUT2D eigenvalue weighted by Gasteiger charge is 2.36. The summed E-state index contributed by atoms with van der Waals surface area (Å²) in [5.74, 6) is 1.68. The van der Waals surface area contributed by atoms with Crippen LogP contribution in [0.2, 0.25) is 5.02 Å². The molecule has 3 aromatic carbocycles. The summed E-state index contributed by atoms with van der Waals surface area (Å²) >= 11 is 6.07. The predicted octanol–water partition coefficient (Wildman–Crippen LogP) is 6.77. The largest absolute Gasteiger partial charge is 0.497 e. The minimum Gasteiger partial charge on any atom is -0.497 e. The number of nitrogens with zero attached hydrogens (tertiary/aromatic N) is 4. The van der Waals surface area contributed by atoms with Crippen LogP contribution in [0.5, 0.6) is 5.75 Å². The van der Waals surface area contributed by atoms with Gasteiger partial charge in [-0.25, -0.2) is 9.48 Å². The summed E-state index contributed by atoms with van der Waals surface area (Å²) in [6.45, 7) is 2.36. The average molecular weight is 524 g/mol. The summed E-state index contributed by atoms with van der Waals surface area (Å²) in [4.78, 5) is 15.8. The number of para-hydroxylation sites is 1. The molecule has 0 bridgehead atoms. The van der Waals surface area contributed by atoms with Crippen LogP contribution in [0.1, 0.15) is 28.6 Å². The van der Waals surface area contributed by atoms with Crippen molar-refractivity contribution in [2.45, 2.75) is 19.5 Å². The Bertz CT molecular complexity index is 1590. The number of ether oxygens (including phenoxy) is 1. The van der Waals surface area contributed by atoms with Crippen molar-refractivity contribution in [1.29, 1.82) is 0 Å². The first kappa shape index (κ1) is 23.9. The molecule has 0 fully saturated rings. The molecule has 0 aliphatic carbocycles. The maximum atomic E-state index is 14.0. The summed E-state index contributed by atoms with van der Waals surface area (Å²) in [6.07, 6.45) is 2.03. The highest BCUT2D eigenvalue weighted by Crippen LogP contribution is 2.39. The zero-order chi connectivity index (χ0) is 26.2. The van der Waals surface area contributed by atoms with Gasteiger partial charge in [-0.1, -0.05) is 41.9 Å². The van der Waals surface area contributed by atoms with E-state index in [1.807, 2.05) is 83.4 Å². The Morgan fingerprint density at radius 3 is 2.42 bits per heavy atom. The molecule has 1 N–H and O–H groups in total. The molecule has 2 amide bonds. The van der Waals surface area contributed by atoms with Crippen molar-refractivity contribution in [3.05, 3.63) is 125 Å². The first-order valence-electron chi connectivity index (χ1n) is 12.3. The molecule has 0 saturated heterocycles. The fraction of sp³-hybridized carbons (Fsp3) is 0.133. The predicted molar refractivity (Wildman–Crippen MR) is 148 cm³/mol. The van der Waals surface area contributed by atoms with Crippen molar-refractivity contribution in [2.24, 2.45) is 0 Å². The number of hydrogen-bond donors (Lipinski definition) is 1. The molecule has 0 unspecified atom stereocenters. The smallest absolute Gasteiger partial charge is 0.322 e. The highest BCUT2D eigenvalue weighted by molar-refractivity contribution is 6.30. The number of fused-ring (bicyclic) bond motifs is 3. The second-order valence-electron chi connectivity index (χ2n) is 9.18. The van der Waals surface area contributed by atoms with E-state index >= 15 is 0 Å². The van der Waals surface area contributed by atoms with Crippen molar-refractivity contribution in [3.8, 4) is 17.3 Å². The molecule has 38 heavy (non-hydrogen) atoms. The molecule has 0 spiro atoms. The molecule has 190 valence electrons. The third kappa shape index (κ3) is 4.21. The lowest BCUT2D eigenvalue weighted by atomic mass is 10.0. The van der Waals surface area contributed by atoms with Gasteiger partial charge in [-0.05, 0) is 73.2 Å². The minimum absolute atomic E-state index is 0.222. The zero-order valence-corrected chi connectivity index (χ0v) is 21.8. The molecular weight excluding hydrogens is 498 g/mol. The fourth-order valence-corrected chi connectivity index (χ4v) is 5.14. The molecule has 0 saturated carbocycles. The van der Waals surface area contributed by atoms with E-state index in [1.54, 1.807) is 31.4 Å². The van der Waals surface area contributed by atoms with Crippen molar-refractivity contribution in [3.63, 3.8) is 0 Å². The molecule has 5 aromatic rings. The number of rotatable bonds is 4. The quantitative estimate of drug-likeness (QED) is 0.283. The summed E-state index contributed by atoms with van der Waals surface area (Å²) in [6, 6.07) is 28.5. The number of halogens is 1. The number of anilines is 1. The molecule has 1 atom stereocenters. The van der Waals surface area contributed by atoms with Crippen molar-refractivity contribution in [1.82, 2.24) is 19.2 Å². The van der Waals surface area contributed by atoms with Gasteiger partial charge < -0.3 is 19.5 Å². The average Bonchev–Trinajstić information content (AvgIpc) is 3.51. The lowest BCUT2D eigenvalue weighted by Gasteiger charge is -2.31. The van der Waals surface area contributed by atoms with Gasteiger partial charge in [-0.15, -0.1) is 0 Å². The van der Waals surface area contributed by atoms with Crippen molar-refractivity contribution < 1.29 is 9.53 Å². The number of aryl methyl sites for hydroxylation is 1. The van der Waals surface area contributed by atoms with Crippen LogP contribution in [0.15, 0.2) is 97.2 Å². The van der Waals surface area contributed by atoms with E-state index in [0.29, 0.717) is 17.3 Å². The maximum absolute atomic E-state index is 14.0. The van der Waals surface area contributed by atoms with E-state index in [9.17, 15) is 4.79 Å². The zero-order valence-electron chi connectivity index (χ0n) is 21.0. The number of nitrogens with one attached hydrogen (secondary N) is 1. The van der Waals surface area contributed by atoms with Gasteiger partial charge in [0.1, 0.15) is 11.6 Å². The lowest BCUT2D eigenvalue weighted by molar-refractivity contribution is 0.194. The number of hydrogen-bond acceptors (Lipinski definition) is 3. The molecule has 1 aliphatic heterocycles. The number of methoxy groups -OCH3 is 1. The van der Waals surface area contributed by atoms with Crippen LogP contribution in [0.3, 0.4) is 0 Å². The van der Waals surface area contributed by atoms with Crippen LogP contribution in [0.25, 0.3) is 11.5 Å². The Morgan fingerprint density at radius 1 is 0.974 bits per heavy atom. The maximum Gasteiger partial charge on any atom is 0.322 e. The Hall–Kier alpha value is -4.49. The molecule has 1 aliphatic rings. The molecule has 8 heteroatoms. The van der Waals surface area contributed by atoms with E-state index in [2.05, 4.69) is 16.0 Å². The van der Waals surface area contributed by atoms with Gasteiger partial charge in [0, 0.05) is 22.5 Å². The number of benzene rings is 3. The fourth-order valence-electron chi connectivity index (χ4n) is 5.01. The number of aromatic nitrogens is 3. The Kier molecular flexibility index (Phi) is 6.13. The lowest BCUT2D eigenvalue weighted by Crippen LogP contribution is -2.38. The van der Waals surface area contributed by atoms with Gasteiger partial charge in [0.15, 0.2) is 0 Å². The van der Waals surface area contributed by atoms with Crippen LogP contribution >= 0.6 is 11.6 Å². The van der Waals surface area contributed by atoms with Gasteiger partial charge in [0.25, 0.3) is 0 Å². The summed E-state index contributed by atoms with van der Waals surface area (Å²) in [5, 5.41) is 8.58. The summed E-state index contributed by atoms with van der Waals surface area (Å²) in [5.41, 5.74) is 5.40. The van der Waals surface area contributed by atoms with Gasteiger partial charge in [0.2, 0.25) is 0 Å². The topological polar surface area (TPSA) is 64.3 Å². The number of carbonyl (C=O) groups is 1. The second kappa shape index (κ2) is 9.76. The first-order chi connectivity index (χ1) is 18.5. The van der Waals surface area contributed by atoms with E-state index in [1.165, 1.54) is 0 Å². The normalized spacial score (nSPS) is 14.4. The summed E-state index contributed by atoms with van der Waals surface area (Å²) < 4.78 is 9.50. The van der Waals surface area contributed by atoms with Crippen LogP contribution in [0.4, 0.5) is 10.5 Å². The van der Waals surface area contributed by atoms with Gasteiger partial charge in [-0.2, -0.15) is 5.10 Å². The van der Waals surface area contributed by atoms with Crippen LogP contribution in [-0.2, 0) is 6.54 Å². The third-order valence-electron chi connectivity index (χ3n) is 6.87. The Morgan fingerprint density at radius 2 is 1.71 bits per heavy atom. The van der Waals surface area contributed by atoms with Gasteiger partial charge in [-0.3, -0.25) is 0 Å². The Labute approximate surface area is 225 Å². The number of carbonyl (C=O) groups excluding carboxylic acids is 1. The van der Waals surface area contributed by atoms with E-state index in [4.69, 9.17) is 21.4 Å². The van der Waals surface area contributed by atoms with Gasteiger partial charge in [0.05, 0.1) is 36.8 Å². The molecule has 2 aromatic heterocycles. The minimum atomic E-state index is -0.362. The second-order valence-corrected chi connectivity index (χ2v) is 9.62. The van der Waals surface area contributed by atoms with Gasteiger partial charge >= 0.3 is 6.03 Å². The molecular formula is C30H26ClN5O2. The van der Waals surface area contributed by atoms with Crippen LogP contribution in [-0.4, -0.2) is 32.4 Å². The SMILES string of the molecule is COc1ccc([C@@H]2c3cccn3-c3c(c(C)nn3-c3ccccc3)CN2C(=O)Nc2ccc(Cl)cc2)cc1. The van der Waals surface area contributed by atoms with Crippen molar-refractivity contribution >= 4 is 23.3 Å². The van der Waals surface area contributed by atoms with Crippen molar-refractivity contribution in [2.75, 3.05) is 12.4 Å². The molecule has 6 rings (SSSR count). The standard InChI is InChI=1S/C30H26ClN5O2/c1-20-26-19-35(30(37)32-23-14-12-22(31)13-15-23)28(21-10-16-25(38-2)17-11-21)27-9-6-18-34(27)29(26)36(33-20)24-7-4-3-5-8-24/h3-18,28H,19H2,1-2H3,(H,32,37)/t28-/m1/s1. The van der Waals surface area contributed by atoms with Crippen LogP contribution in [0, 0.1) is 6.92 Å². The number of urea groups is 1. The van der Waals surface area contributed by atoms with E-state index in [-0.39, 0.29) is 12.1 Å². The molecule has 0 radical (unpaired) electrons. The first-order valence-corrected chi connectivity index (χ1v) is 12.7. The number of amides is 2. The van der Waals surface area contributed by atoms with E-state index < -0.39 is 0 Å². The van der Waals surface area contributed by atoms with E-state index in [0.717, 1.165) is 39.8 Å². The Balaban J connectivity index is 1.52.